The van der Waals surface area contributed by atoms with Gasteiger partial charge in [-0.15, -0.1) is 0 Å². The number of anilines is 1. The summed E-state index contributed by atoms with van der Waals surface area (Å²) in [5.41, 5.74) is 0.104. The Morgan fingerprint density at radius 2 is 1.83 bits per heavy atom. The van der Waals surface area contributed by atoms with E-state index in [1.807, 2.05) is 13.0 Å². The van der Waals surface area contributed by atoms with E-state index in [2.05, 4.69) is 5.32 Å². The topological polar surface area (TPSA) is 99.4 Å². The normalized spacial score (nSPS) is 10.3. The van der Waals surface area contributed by atoms with Gasteiger partial charge >= 0.3 is 11.7 Å². The molecule has 1 aromatic heterocycles. The van der Waals surface area contributed by atoms with Crippen molar-refractivity contribution in [3.63, 3.8) is 0 Å². The van der Waals surface area contributed by atoms with Gasteiger partial charge in [0.2, 0.25) is 0 Å². The van der Waals surface area contributed by atoms with Gasteiger partial charge in [-0.2, -0.15) is 0 Å². The van der Waals surface area contributed by atoms with E-state index in [0.29, 0.717) is 5.56 Å². The molecule has 126 valence electrons. The van der Waals surface area contributed by atoms with Gasteiger partial charge in [0.05, 0.1) is 5.56 Å². The third-order valence-corrected chi connectivity index (χ3v) is 3.38. The molecule has 0 spiro atoms. The van der Waals surface area contributed by atoms with E-state index >= 15 is 0 Å². The van der Waals surface area contributed by atoms with Gasteiger partial charge in [0, 0.05) is 20.2 Å². The van der Waals surface area contributed by atoms with Crippen LogP contribution in [-0.2, 0) is 23.6 Å². The number of aryl methyl sites for hydroxylation is 1. The van der Waals surface area contributed by atoms with Crippen molar-refractivity contribution in [2.24, 2.45) is 14.1 Å². The highest BCUT2D eigenvalue weighted by atomic mass is 16.5. The number of rotatable bonds is 4. The first-order valence-electron chi connectivity index (χ1n) is 7.10. The Labute approximate surface area is 137 Å². The molecule has 1 amide bonds. The van der Waals surface area contributed by atoms with Crippen LogP contribution in [0.15, 0.2) is 39.9 Å². The minimum atomic E-state index is -0.653. The van der Waals surface area contributed by atoms with Gasteiger partial charge in [-0.1, -0.05) is 17.7 Å². The second kappa shape index (κ2) is 6.95. The van der Waals surface area contributed by atoms with Crippen LogP contribution in [0, 0.1) is 6.92 Å². The SMILES string of the molecule is Cc1cccc(C(=O)OCC(=O)Nc2cc(=O)n(C)c(=O)n2C)c1. The maximum atomic E-state index is 11.9. The fourth-order valence-corrected chi connectivity index (χ4v) is 2.02. The molecule has 1 heterocycles. The van der Waals surface area contributed by atoms with Gasteiger partial charge in [0.15, 0.2) is 6.61 Å². The standard InChI is InChI=1S/C16H17N3O5/c1-10-5-4-6-11(7-10)15(22)24-9-13(20)17-12-8-14(21)19(3)16(23)18(12)2/h4-8H,9H2,1-3H3,(H,17,20). The van der Waals surface area contributed by atoms with Crippen molar-refractivity contribution in [3.05, 3.63) is 62.3 Å². The molecular weight excluding hydrogens is 314 g/mol. The number of aromatic nitrogens is 2. The van der Waals surface area contributed by atoms with Crippen molar-refractivity contribution in [1.82, 2.24) is 9.13 Å². The molecule has 8 heteroatoms. The Balaban J connectivity index is 2.03. The zero-order chi connectivity index (χ0) is 17.9. The maximum Gasteiger partial charge on any atom is 0.338 e. The van der Waals surface area contributed by atoms with Crippen molar-refractivity contribution in [3.8, 4) is 0 Å². The lowest BCUT2D eigenvalue weighted by atomic mass is 10.1. The van der Waals surface area contributed by atoms with Crippen LogP contribution in [-0.4, -0.2) is 27.6 Å². The quantitative estimate of drug-likeness (QED) is 0.806. The molecule has 8 nitrogen and oxygen atoms in total. The molecular formula is C16H17N3O5. The summed E-state index contributed by atoms with van der Waals surface area (Å²) in [6.45, 7) is 1.30. The third-order valence-electron chi connectivity index (χ3n) is 3.38. The molecule has 0 saturated carbocycles. The van der Waals surface area contributed by atoms with Gasteiger partial charge in [0.1, 0.15) is 5.82 Å². The minimum Gasteiger partial charge on any atom is -0.452 e. The summed E-state index contributed by atoms with van der Waals surface area (Å²) in [4.78, 5) is 47.1. The number of nitrogens with zero attached hydrogens (tertiary/aromatic N) is 2. The molecule has 0 bridgehead atoms. The Bertz CT molecular complexity index is 911. The van der Waals surface area contributed by atoms with Crippen LogP contribution >= 0.6 is 0 Å². The molecule has 0 aliphatic carbocycles. The predicted molar refractivity (Wildman–Crippen MR) is 87.0 cm³/mol. The van der Waals surface area contributed by atoms with Crippen LogP contribution in [0.25, 0.3) is 0 Å². The zero-order valence-electron chi connectivity index (χ0n) is 13.5. The van der Waals surface area contributed by atoms with E-state index in [1.165, 1.54) is 14.1 Å². The fourth-order valence-electron chi connectivity index (χ4n) is 2.02. The molecule has 0 atom stereocenters. The highest BCUT2D eigenvalue weighted by molar-refractivity contribution is 5.95. The lowest BCUT2D eigenvalue weighted by molar-refractivity contribution is -0.119. The van der Waals surface area contributed by atoms with Crippen LogP contribution in [0.4, 0.5) is 5.82 Å². The lowest BCUT2D eigenvalue weighted by Gasteiger charge is -2.11. The number of amides is 1. The number of hydrogen-bond donors (Lipinski definition) is 1. The van der Waals surface area contributed by atoms with E-state index in [4.69, 9.17) is 4.74 Å². The molecule has 0 fully saturated rings. The van der Waals surface area contributed by atoms with Gasteiger partial charge in [-0.3, -0.25) is 18.7 Å². The molecule has 2 rings (SSSR count). The number of benzene rings is 1. The largest absolute Gasteiger partial charge is 0.452 e. The van der Waals surface area contributed by atoms with Crippen LogP contribution in [0.5, 0.6) is 0 Å². The monoisotopic (exact) mass is 331 g/mol. The summed E-state index contributed by atoms with van der Waals surface area (Å²) in [5, 5.41) is 2.37. The average molecular weight is 331 g/mol. The Kier molecular flexibility index (Phi) is 4.98. The molecule has 2 aromatic rings. The molecule has 0 radical (unpaired) electrons. The molecule has 0 unspecified atom stereocenters. The number of carbonyl (C=O) groups excluding carboxylic acids is 2. The highest BCUT2D eigenvalue weighted by Crippen LogP contribution is 2.06. The maximum absolute atomic E-state index is 11.9. The minimum absolute atomic E-state index is 0.0275. The molecule has 1 aromatic carbocycles. The van der Waals surface area contributed by atoms with Crippen molar-refractivity contribution in [2.75, 3.05) is 11.9 Å². The second-order valence-corrected chi connectivity index (χ2v) is 5.26. The molecule has 0 aliphatic heterocycles. The second-order valence-electron chi connectivity index (χ2n) is 5.26. The first kappa shape index (κ1) is 17.2. The van der Waals surface area contributed by atoms with Gasteiger partial charge in [-0.25, -0.2) is 9.59 Å². The van der Waals surface area contributed by atoms with Crippen LogP contribution < -0.4 is 16.6 Å². The van der Waals surface area contributed by atoms with Crippen molar-refractivity contribution in [1.29, 1.82) is 0 Å². The number of carbonyl (C=O) groups is 2. The summed E-state index contributed by atoms with van der Waals surface area (Å²) >= 11 is 0. The van der Waals surface area contributed by atoms with E-state index in [-0.39, 0.29) is 5.82 Å². The first-order valence-corrected chi connectivity index (χ1v) is 7.10. The predicted octanol–water partition coefficient (Wildman–Crippen LogP) is 0.188. The fraction of sp³-hybridized carbons (Fsp3) is 0.250. The van der Waals surface area contributed by atoms with E-state index in [1.54, 1.807) is 18.2 Å². The third kappa shape index (κ3) is 3.78. The van der Waals surface area contributed by atoms with E-state index in [9.17, 15) is 19.2 Å². The Morgan fingerprint density at radius 1 is 1.12 bits per heavy atom. The lowest BCUT2D eigenvalue weighted by Crippen LogP contribution is -2.38. The van der Waals surface area contributed by atoms with Gasteiger partial charge < -0.3 is 10.1 Å². The molecule has 1 N–H and O–H groups in total. The molecule has 0 saturated heterocycles. The van der Waals surface area contributed by atoms with Gasteiger partial charge in [0.25, 0.3) is 11.5 Å². The molecule has 24 heavy (non-hydrogen) atoms. The van der Waals surface area contributed by atoms with E-state index in [0.717, 1.165) is 20.8 Å². The summed E-state index contributed by atoms with van der Waals surface area (Å²) in [6, 6.07) is 7.88. The highest BCUT2D eigenvalue weighted by Gasteiger charge is 2.13. The Hall–Kier alpha value is -3.16. The summed E-state index contributed by atoms with van der Waals surface area (Å²) in [6.07, 6.45) is 0. The average Bonchev–Trinajstić information content (AvgIpc) is 2.55. The van der Waals surface area contributed by atoms with Crippen LogP contribution in [0.3, 0.4) is 0 Å². The van der Waals surface area contributed by atoms with Crippen molar-refractivity contribution in [2.45, 2.75) is 6.92 Å². The smallest absolute Gasteiger partial charge is 0.338 e. The zero-order valence-corrected chi connectivity index (χ0v) is 13.5. The van der Waals surface area contributed by atoms with Crippen LogP contribution in [0.2, 0.25) is 0 Å². The first-order chi connectivity index (χ1) is 11.3. The van der Waals surface area contributed by atoms with Crippen LogP contribution in [0.1, 0.15) is 15.9 Å². The summed E-state index contributed by atoms with van der Waals surface area (Å²) in [5.74, 6) is -1.26. The summed E-state index contributed by atoms with van der Waals surface area (Å²) in [7, 11) is 2.75. The van der Waals surface area contributed by atoms with Crippen molar-refractivity contribution < 1.29 is 14.3 Å². The number of nitrogens with one attached hydrogen (secondary N) is 1. The van der Waals surface area contributed by atoms with E-state index < -0.39 is 29.7 Å². The van der Waals surface area contributed by atoms with Crippen molar-refractivity contribution >= 4 is 17.7 Å². The Morgan fingerprint density at radius 3 is 2.50 bits per heavy atom. The molecule has 0 aliphatic rings. The summed E-state index contributed by atoms with van der Waals surface area (Å²) < 4.78 is 6.94. The van der Waals surface area contributed by atoms with Gasteiger partial charge in [-0.05, 0) is 19.1 Å². The number of esters is 1. The number of hydrogen-bond acceptors (Lipinski definition) is 5. The number of ether oxygens (including phenoxy) is 1.